The molecule has 0 aliphatic carbocycles. The van der Waals surface area contributed by atoms with Crippen LogP contribution in [0.1, 0.15) is 12.5 Å². The van der Waals surface area contributed by atoms with E-state index in [1.165, 1.54) is 22.9 Å². The molecule has 0 fully saturated rings. The molecule has 2 heterocycles. The van der Waals surface area contributed by atoms with Gasteiger partial charge in [0, 0.05) is 16.3 Å². The maximum atomic E-state index is 13.3. The topological polar surface area (TPSA) is 76.0 Å². The molecule has 0 spiro atoms. The second-order valence-corrected chi connectivity index (χ2v) is 6.56. The number of nitrogens with one attached hydrogen (secondary N) is 2. The number of fused-ring (bicyclic) bond motifs is 1. The predicted molar refractivity (Wildman–Crippen MR) is 100.0 cm³/mol. The van der Waals surface area contributed by atoms with Crippen LogP contribution in [0.4, 0.5) is 15.9 Å². The van der Waals surface area contributed by atoms with Crippen LogP contribution in [-0.2, 0) is 9.59 Å². The first-order valence-electron chi connectivity index (χ1n) is 8.21. The van der Waals surface area contributed by atoms with E-state index in [4.69, 9.17) is 11.6 Å². The fourth-order valence-electron chi connectivity index (χ4n) is 3.00. The van der Waals surface area contributed by atoms with Crippen LogP contribution < -0.4 is 10.6 Å². The summed E-state index contributed by atoms with van der Waals surface area (Å²) in [6, 6.07) is 11.8. The molecule has 2 aromatic carbocycles. The van der Waals surface area contributed by atoms with Crippen LogP contribution in [0.2, 0.25) is 5.02 Å². The molecule has 1 aromatic heterocycles. The normalized spacial score (nSPS) is 15.8. The molecule has 6 nitrogen and oxygen atoms in total. The molecule has 1 atom stereocenters. The summed E-state index contributed by atoms with van der Waals surface area (Å²) >= 11 is 5.92. The third-order valence-corrected chi connectivity index (χ3v) is 4.53. The molecule has 3 aromatic rings. The van der Waals surface area contributed by atoms with Crippen molar-refractivity contribution in [3.05, 3.63) is 65.6 Å². The first-order valence-corrected chi connectivity index (χ1v) is 8.59. The largest absolute Gasteiger partial charge is 0.324 e. The number of anilines is 2. The van der Waals surface area contributed by atoms with Gasteiger partial charge in [-0.25, -0.2) is 9.07 Å². The Balaban J connectivity index is 1.66. The summed E-state index contributed by atoms with van der Waals surface area (Å²) < 4.78 is 14.8. The van der Waals surface area contributed by atoms with Gasteiger partial charge in [0.15, 0.2) is 0 Å². The van der Waals surface area contributed by atoms with Crippen LogP contribution in [0.25, 0.3) is 11.1 Å². The van der Waals surface area contributed by atoms with Crippen molar-refractivity contribution < 1.29 is 14.0 Å². The van der Waals surface area contributed by atoms with Gasteiger partial charge in [-0.05, 0) is 35.9 Å². The van der Waals surface area contributed by atoms with Gasteiger partial charge in [0.2, 0.25) is 11.8 Å². The smallest absolute Gasteiger partial charge is 0.249 e. The Kier molecular flexibility index (Phi) is 4.37. The number of benzene rings is 2. The summed E-state index contributed by atoms with van der Waals surface area (Å²) in [5.41, 5.74) is 1.81. The molecule has 27 heavy (non-hydrogen) atoms. The van der Waals surface area contributed by atoms with Crippen LogP contribution in [0.3, 0.4) is 0 Å². The van der Waals surface area contributed by atoms with Crippen LogP contribution >= 0.6 is 11.6 Å². The lowest BCUT2D eigenvalue weighted by molar-refractivity contribution is -0.125. The van der Waals surface area contributed by atoms with Crippen molar-refractivity contribution in [3.8, 4) is 11.1 Å². The maximum absolute atomic E-state index is 13.3. The van der Waals surface area contributed by atoms with E-state index in [1.807, 2.05) is 12.1 Å². The van der Waals surface area contributed by atoms with Crippen LogP contribution in [0.15, 0.2) is 54.7 Å². The Morgan fingerprint density at radius 3 is 2.78 bits per heavy atom. The van der Waals surface area contributed by atoms with Crippen molar-refractivity contribution in [1.29, 1.82) is 0 Å². The predicted octanol–water partition coefficient (Wildman–Crippen LogP) is 3.86. The van der Waals surface area contributed by atoms with E-state index in [0.717, 1.165) is 5.56 Å². The summed E-state index contributed by atoms with van der Waals surface area (Å²) in [5, 5.41) is 10.3. The molecule has 1 aliphatic heterocycles. The second-order valence-electron chi connectivity index (χ2n) is 6.13. The Morgan fingerprint density at radius 2 is 2.04 bits per heavy atom. The fourth-order valence-corrected chi connectivity index (χ4v) is 3.13. The average Bonchev–Trinajstić information content (AvgIpc) is 3.05. The van der Waals surface area contributed by atoms with E-state index in [9.17, 15) is 14.0 Å². The highest BCUT2D eigenvalue weighted by Gasteiger charge is 2.33. The second kappa shape index (κ2) is 6.85. The lowest BCUT2D eigenvalue weighted by Crippen LogP contribution is -2.35. The Labute approximate surface area is 158 Å². The van der Waals surface area contributed by atoms with Crippen molar-refractivity contribution in [1.82, 2.24) is 9.78 Å². The summed E-state index contributed by atoms with van der Waals surface area (Å²) in [6.45, 7) is 0. The van der Waals surface area contributed by atoms with E-state index in [0.29, 0.717) is 22.1 Å². The summed E-state index contributed by atoms with van der Waals surface area (Å²) in [4.78, 5) is 24.9. The van der Waals surface area contributed by atoms with Crippen LogP contribution in [-0.4, -0.2) is 21.6 Å². The van der Waals surface area contributed by atoms with Crippen molar-refractivity contribution in [3.63, 3.8) is 0 Å². The zero-order valence-corrected chi connectivity index (χ0v) is 14.7. The SMILES string of the molecule is O=C1C[C@@H](C(=O)Nc2cccc(F)c2)n2ncc(-c3ccc(Cl)cc3)c2N1. The van der Waals surface area contributed by atoms with Gasteiger partial charge >= 0.3 is 0 Å². The maximum Gasteiger partial charge on any atom is 0.249 e. The number of hydrogen-bond acceptors (Lipinski definition) is 3. The molecular formula is C19H14ClFN4O2. The van der Waals surface area contributed by atoms with E-state index in [2.05, 4.69) is 15.7 Å². The van der Waals surface area contributed by atoms with Crippen molar-refractivity contribution in [2.75, 3.05) is 10.6 Å². The third kappa shape index (κ3) is 3.41. The van der Waals surface area contributed by atoms with Gasteiger partial charge in [0.1, 0.15) is 17.7 Å². The number of nitrogens with zero attached hydrogens (tertiary/aromatic N) is 2. The van der Waals surface area contributed by atoms with Crippen molar-refractivity contribution >= 4 is 34.9 Å². The van der Waals surface area contributed by atoms with Crippen LogP contribution in [0, 0.1) is 5.82 Å². The zero-order chi connectivity index (χ0) is 19.0. The number of amides is 2. The number of carbonyl (C=O) groups is 2. The molecule has 2 N–H and O–H groups in total. The Morgan fingerprint density at radius 1 is 1.26 bits per heavy atom. The minimum atomic E-state index is -0.835. The van der Waals surface area contributed by atoms with E-state index >= 15 is 0 Å². The minimum absolute atomic E-state index is 0.0596. The number of carbonyl (C=O) groups excluding carboxylic acids is 2. The van der Waals surface area contributed by atoms with Gasteiger partial charge in [-0.3, -0.25) is 9.59 Å². The number of aromatic nitrogens is 2. The molecule has 8 heteroatoms. The molecular weight excluding hydrogens is 371 g/mol. The molecule has 0 radical (unpaired) electrons. The number of halogens is 2. The van der Waals surface area contributed by atoms with E-state index in [1.54, 1.807) is 24.4 Å². The van der Waals surface area contributed by atoms with Gasteiger partial charge in [-0.1, -0.05) is 29.8 Å². The first kappa shape index (κ1) is 17.2. The highest BCUT2D eigenvalue weighted by atomic mass is 35.5. The fraction of sp³-hybridized carbons (Fsp3) is 0.105. The number of hydrogen-bond donors (Lipinski definition) is 2. The van der Waals surface area contributed by atoms with Gasteiger partial charge in [-0.2, -0.15) is 5.10 Å². The standard InChI is InChI=1S/C19H14ClFN4O2/c20-12-6-4-11(5-7-12)15-10-22-25-16(9-17(26)24-18(15)25)19(27)23-14-3-1-2-13(21)8-14/h1-8,10,16H,9H2,(H,23,27)(H,24,26)/t16-/m0/s1. The molecule has 0 saturated carbocycles. The molecule has 4 rings (SSSR count). The molecule has 136 valence electrons. The summed E-state index contributed by atoms with van der Waals surface area (Å²) in [5.74, 6) is -0.757. The molecule has 1 aliphatic rings. The number of rotatable bonds is 3. The van der Waals surface area contributed by atoms with Gasteiger partial charge in [0.05, 0.1) is 12.6 Å². The van der Waals surface area contributed by atoms with E-state index in [-0.39, 0.29) is 12.3 Å². The molecule has 2 amide bonds. The minimum Gasteiger partial charge on any atom is -0.324 e. The highest BCUT2D eigenvalue weighted by Crippen LogP contribution is 2.34. The average molecular weight is 385 g/mol. The molecule has 0 saturated heterocycles. The lowest BCUT2D eigenvalue weighted by atomic mass is 10.1. The zero-order valence-electron chi connectivity index (χ0n) is 13.9. The summed E-state index contributed by atoms with van der Waals surface area (Å²) in [7, 11) is 0. The van der Waals surface area contributed by atoms with Gasteiger partial charge in [-0.15, -0.1) is 0 Å². The molecule has 0 unspecified atom stereocenters. The quantitative estimate of drug-likeness (QED) is 0.719. The van der Waals surface area contributed by atoms with Gasteiger partial charge in [0.25, 0.3) is 0 Å². The third-order valence-electron chi connectivity index (χ3n) is 4.28. The lowest BCUT2D eigenvalue weighted by Gasteiger charge is -2.24. The van der Waals surface area contributed by atoms with Crippen molar-refractivity contribution in [2.24, 2.45) is 0 Å². The molecule has 0 bridgehead atoms. The Bertz CT molecular complexity index is 1030. The highest BCUT2D eigenvalue weighted by molar-refractivity contribution is 6.30. The Hall–Kier alpha value is -3.19. The monoisotopic (exact) mass is 384 g/mol. The van der Waals surface area contributed by atoms with E-state index < -0.39 is 17.8 Å². The summed E-state index contributed by atoms with van der Waals surface area (Å²) in [6.07, 6.45) is 1.53. The van der Waals surface area contributed by atoms with Crippen LogP contribution in [0.5, 0.6) is 0 Å². The van der Waals surface area contributed by atoms with Crippen molar-refractivity contribution in [2.45, 2.75) is 12.5 Å². The van der Waals surface area contributed by atoms with Gasteiger partial charge < -0.3 is 10.6 Å². The first-order chi connectivity index (χ1) is 13.0.